The lowest BCUT2D eigenvalue weighted by molar-refractivity contribution is -0.126. The summed E-state index contributed by atoms with van der Waals surface area (Å²) in [5.41, 5.74) is 0.878. The Labute approximate surface area is 146 Å². The van der Waals surface area contributed by atoms with Gasteiger partial charge in [0.25, 0.3) is 0 Å². The summed E-state index contributed by atoms with van der Waals surface area (Å²) in [6, 6.07) is 7.65. The summed E-state index contributed by atoms with van der Waals surface area (Å²) in [7, 11) is 0. The molecule has 1 aliphatic rings. The van der Waals surface area contributed by atoms with E-state index in [0.717, 1.165) is 17.3 Å². The van der Waals surface area contributed by atoms with Gasteiger partial charge in [-0.25, -0.2) is 0 Å². The number of H-pyrrole nitrogens is 1. The van der Waals surface area contributed by atoms with Crippen molar-refractivity contribution in [3.63, 3.8) is 0 Å². The highest BCUT2D eigenvalue weighted by Gasteiger charge is 2.36. The van der Waals surface area contributed by atoms with Crippen LogP contribution in [0.25, 0.3) is 10.9 Å². The molecule has 7 heteroatoms. The van der Waals surface area contributed by atoms with Gasteiger partial charge in [0.05, 0.1) is 17.5 Å². The van der Waals surface area contributed by atoms with Crippen LogP contribution in [0.2, 0.25) is 0 Å². The van der Waals surface area contributed by atoms with Crippen molar-refractivity contribution in [1.29, 1.82) is 0 Å². The van der Waals surface area contributed by atoms with E-state index in [1.54, 1.807) is 4.90 Å². The Morgan fingerprint density at radius 1 is 1.44 bits per heavy atom. The van der Waals surface area contributed by atoms with Gasteiger partial charge < -0.3 is 10.1 Å². The van der Waals surface area contributed by atoms with Gasteiger partial charge in [-0.05, 0) is 32.4 Å². The maximum absolute atomic E-state index is 12.4. The number of rotatable bonds is 7. The Bertz CT molecular complexity index is 756. The van der Waals surface area contributed by atoms with Crippen LogP contribution in [0.15, 0.2) is 24.3 Å². The van der Waals surface area contributed by atoms with Crippen LogP contribution in [0.1, 0.15) is 26.7 Å². The fourth-order valence-electron chi connectivity index (χ4n) is 2.99. The van der Waals surface area contributed by atoms with Gasteiger partial charge >= 0.3 is 0 Å². The minimum absolute atomic E-state index is 0.0689. The molecule has 0 saturated carbocycles. The molecule has 1 atom stereocenters. The number of nitrogens with zero attached hydrogens (tertiary/aromatic N) is 2. The predicted octanol–water partition coefficient (Wildman–Crippen LogP) is 1.85. The van der Waals surface area contributed by atoms with Gasteiger partial charge in [-0.3, -0.25) is 19.6 Å². The monoisotopic (exact) mass is 344 g/mol. The lowest BCUT2D eigenvalue weighted by atomic mass is 10.1. The molecular weight excluding hydrogens is 320 g/mol. The number of para-hydroxylation sites is 1. The van der Waals surface area contributed by atoms with E-state index in [-0.39, 0.29) is 30.3 Å². The lowest BCUT2D eigenvalue weighted by Crippen LogP contribution is -2.34. The highest BCUT2D eigenvalue weighted by atomic mass is 16.5. The largest absolute Gasteiger partial charge is 0.379 e. The minimum atomic E-state index is -0.339. The Kier molecular flexibility index (Phi) is 5.33. The fourth-order valence-corrected chi connectivity index (χ4v) is 2.99. The van der Waals surface area contributed by atoms with Crippen LogP contribution in [0.3, 0.4) is 0 Å². The van der Waals surface area contributed by atoms with Crippen LogP contribution in [0.4, 0.5) is 5.82 Å². The summed E-state index contributed by atoms with van der Waals surface area (Å²) in [5.74, 6) is 0.107. The van der Waals surface area contributed by atoms with Crippen molar-refractivity contribution in [2.24, 2.45) is 5.92 Å². The third-order valence-electron chi connectivity index (χ3n) is 4.27. The van der Waals surface area contributed by atoms with Gasteiger partial charge in [0.1, 0.15) is 0 Å². The second-order valence-electron chi connectivity index (χ2n) is 6.56. The van der Waals surface area contributed by atoms with Gasteiger partial charge in [0.15, 0.2) is 5.82 Å². The Morgan fingerprint density at radius 3 is 3.04 bits per heavy atom. The number of carbonyl (C=O) groups excluding carboxylic acids is 2. The summed E-state index contributed by atoms with van der Waals surface area (Å²) in [5, 5.41) is 11.0. The molecule has 2 heterocycles. The number of anilines is 1. The molecule has 7 nitrogen and oxygen atoms in total. The maximum Gasteiger partial charge on any atom is 0.229 e. The lowest BCUT2D eigenvalue weighted by Gasteiger charge is -2.14. The summed E-state index contributed by atoms with van der Waals surface area (Å²) < 4.78 is 5.45. The van der Waals surface area contributed by atoms with Crippen LogP contribution in [0, 0.1) is 5.92 Å². The number of benzene rings is 1. The first-order valence-corrected chi connectivity index (χ1v) is 8.69. The second kappa shape index (κ2) is 7.65. The normalized spacial score (nSPS) is 17.6. The fraction of sp³-hybridized carbons (Fsp3) is 0.500. The molecule has 0 bridgehead atoms. The number of nitrogens with one attached hydrogen (secondary N) is 2. The summed E-state index contributed by atoms with van der Waals surface area (Å²) in [6.45, 7) is 5.50. The molecule has 3 rings (SSSR count). The zero-order valence-corrected chi connectivity index (χ0v) is 14.6. The summed E-state index contributed by atoms with van der Waals surface area (Å²) in [6.07, 6.45) is 1.17. The van der Waals surface area contributed by atoms with E-state index < -0.39 is 0 Å². The molecule has 0 unspecified atom stereocenters. The molecule has 0 aliphatic carbocycles. The van der Waals surface area contributed by atoms with Gasteiger partial charge in [-0.2, -0.15) is 5.10 Å². The zero-order chi connectivity index (χ0) is 17.8. The maximum atomic E-state index is 12.4. The van der Waals surface area contributed by atoms with Gasteiger partial charge in [-0.15, -0.1) is 0 Å². The van der Waals surface area contributed by atoms with Crippen molar-refractivity contribution in [2.75, 3.05) is 24.6 Å². The first-order valence-electron chi connectivity index (χ1n) is 8.69. The minimum Gasteiger partial charge on any atom is -0.379 e. The standard InChI is InChI=1S/C18H24N4O3/c1-12(2)25-9-5-8-19-18(24)13-10-16(23)22(11-13)17-14-6-3-4-7-15(14)20-21-17/h3-4,6-7,12-13H,5,8-11H2,1-2H3,(H,19,24)(H,20,21)/t13-/m0/s1. The molecule has 2 aromatic rings. The smallest absolute Gasteiger partial charge is 0.229 e. The first kappa shape index (κ1) is 17.4. The molecule has 2 amide bonds. The Balaban J connectivity index is 1.56. The number of ether oxygens (including phenoxy) is 1. The number of hydrogen-bond acceptors (Lipinski definition) is 4. The summed E-state index contributed by atoms with van der Waals surface area (Å²) >= 11 is 0. The molecule has 1 aromatic heterocycles. The van der Waals surface area contributed by atoms with Crippen LogP contribution in [-0.2, 0) is 14.3 Å². The van der Waals surface area contributed by atoms with Crippen molar-refractivity contribution in [1.82, 2.24) is 15.5 Å². The molecule has 25 heavy (non-hydrogen) atoms. The van der Waals surface area contributed by atoms with Crippen LogP contribution in [-0.4, -0.2) is 47.8 Å². The van der Waals surface area contributed by atoms with E-state index in [1.807, 2.05) is 38.1 Å². The average molecular weight is 344 g/mol. The van der Waals surface area contributed by atoms with Gasteiger partial charge in [-0.1, -0.05) is 12.1 Å². The highest BCUT2D eigenvalue weighted by Crippen LogP contribution is 2.29. The number of aromatic nitrogens is 2. The molecule has 1 aromatic carbocycles. The Morgan fingerprint density at radius 2 is 2.24 bits per heavy atom. The van der Waals surface area contributed by atoms with Crippen molar-refractivity contribution in [2.45, 2.75) is 32.8 Å². The molecule has 1 aliphatic heterocycles. The second-order valence-corrected chi connectivity index (χ2v) is 6.56. The predicted molar refractivity (Wildman–Crippen MR) is 95.3 cm³/mol. The quantitative estimate of drug-likeness (QED) is 0.751. The van der Waals surface area contributed by atoms with Crippen LogP contribution < -0.4 is 10.2 Å². The van der Waals surface area contributed by atoms with E-state index >= 15 is 0 Å². The molecule has 134 valence electrons. The van der Waals surface area contributed by atoms with E-state index in [2.05, 4.69) is 15.5 Å². The first-order chi connectivity index (χ1) is 12.1. The SMILES string of the molecule is CC(C)OCCCNC(=O)[C@H]1CC(=O)N(c2n[nH]c3ccccc23)C1. The molecule has 1 saturated heterocycles. The van der Waals surface area contributed by atoms with Crippen LogP contribution in [0.5, 0.6) is 0 Å². The average Bonchev–Trinajstić information content (AvgIpc) is 3.17. The molecule has 2 N–H and O–H groups in total. The number of carbonyl (C=O) groups is 2. The van der Waals surface area contributed by atoms with Crippen molar-refractivity contribution < 1.29 is 14.3 Å². The number of fused-ring (bicyclic) bond motifs is 1. The molecule has 1 fully saturated rings. The third kappa shape index (κ3) is 3.99. The zero-order valence-electron chi connectivity index (χ0n) is 14.6. The van der Waals surface area contributed by atoms with E-state index in [9.17, 15) is 9.59 Å². The van der Waals surface area contributed by atoms with Gasteiger partial charge in [0, 0.05) is 31.5 Å². The number of hydrogen-bond donors (Lipinski definition) is 2. The van der Waals surface area contributed by atoms with Crippen LogP contribution >= 0.6 is 0 Å². The highest BCUT2D eigenvalue weighted by molar-refractivity contribution is 6.05. The third-order valence-corrected chi connectivity index (χ3v) is 4.27. The van der Waals surface area contributed by atoms with E-state index in [0.29, 0.717) is 25.5 Å². The molecule has 0 spiro atoms. The van der Waals surface area contributed by atoms with Crippen molar-refractivity contribution in [3.05, 3.63) is 24.3 Å². The van der Waals surface area contributed by atoms with Gasteiger partial charge in [0.2, 0.25) is 11.8 Å². The van der Waals surface area contributed by atoms with E-state index in [4.69, 9.17) is 4.74 Å². The van der Waals surface area contributed by atoms with Crippen molar-refractivity contribution in [3.8, 4) is 0 Å². The summed E-state index contributed by atoms with van der Waals surface area (Å²) in [4.78, 5) is 26.3. The topological polar surface area (TPSA) is 87.3 Å². The molecule has 0 radical (unpaired) electrons. The number of amides is 2. The number of aromatic amines is 1. The Hall–Kier alpha value is -2.41. The molecular formula is C18H24N4O3. The van der Waals surface area contributed by atoms with E-state index in [1.165, 1.54) is 0 Å². The van der Waals surface area contributed by atoms with Crippen molar-refractivity contribution >= 4 is 28.5 Å².